The molecule has 5 rings (SSSR count). The lowest BCUT2D eigenvalue weighted by Crippen LogP contribution is -2.47. The van der Waals surface area contributed by atoms with Gasteiger partial charge < -0.3 is 25.3 Å². The molecule has 3 N–H and O–H groups in total. The van der Waals surface area contributed by atoms with Crippen LogP contribution in [0.15, 0.2) is 55.1 Å². The molecule has 0 unspecified atom stereocenters. The molecule has 1 fully saturated rings. The molecule has 1 aliphatic heterocycles. The minimum atomic E-state index is -0.987. The number of aromatic hydroxyl groups is 1. The highest BCUT2D eigenvalue weighted by Crippen LogP contribution is 2.26. The van der Waals surface area contributed by atoms with Gasteiger partial charge in [0.05, 0.1) is 5.69 Å². The number of aliphatic carboxylic acids is 1. The Morgan fingerprint density at radius 3 is 2.33 bits per heavy atom. The van der Waals surface area contributed by atoms with E-state index in [9.17, 15) is 9.90 Å². The maximum absolute atomic E-state index is 11.1. The highest BCUT2D eigenvalue weighted by Gasteiger charge is 2.22. The second kappa shape index (κ2) is 8.61. The van der Waals surface area contributed by atoms with Crippen LogP contribution in [0.4, 0.5) is 17.5 Å². The zero-order chi connectivity index (χ0) is 22.8. The van der Waals surface area contributed by atoms with Crippen LogP contribution in [0.5, 0.6) is 5.75 Å². The maximum Gasteiger partial charge on any atom is 0.322 e. The minimum absolute atomic E-state index is 0.242. The number of rotatable bonds is 6. The normalized spacial score (nSPS) is 13.9. The third-order valence-corrected chi connectivity index (χ3v) is 5.51. The summed E-state index contributed by atoms with van der Waals surface area (Å²) < 4.78 is 1.83. The van der Waals surface area contributed by atoms with Crippen molar-refractivity contribution in [3.63, 3.8) is 0 Å². The summed E-state index contributed by atoms with van der Waals surface area (Å²) in [7, 11) is 0. The van der Waals surface area contributed by atoms with Gasteiger partial charge in [-0.15, -0.1) is 0 Å². The van der Waals surface area contributed by atoms with Gasteiger partial charge in [-0.05, 0) is 36.4 Å². The van der Waals surface area contributed by atoms with Crippen LogP contribution in [0.3, 0.4) is 0 Å². The Kier molecular flexibility index (Phi) is 5.35. The number of fused-ring (bicyclic) bond motifs is 1. The maximum atomic E-state index is 11.1. The van der Waals surface area contributed by atoms with Crippen LogP contribution in [0.1, 0.15) is 0 Å². The van der Waals surface area contributed by atoms with Gasteiger partial charge in [-0.25, -0.2) is 4.98 Å². The average Bonchev–Trinajstić information content (AvgIpc) is 3.28. The zero-order valence-electron chi connectivity index (χ0n) is 17.7. The molecule has 1 aromatic carbocycles. The number of phenolic OH excluding ortho intramolecular Hbond substituents is 1. The molecule has 33 heavy (non-hydrogen) atoms. The van der Waals surface area contributed by atoms with Crippen molar-refractivity contribution in [3.05, 3.63) is 55.1 Å². The van der Waals surface area contributed by atoms with Gasteiger partial charge in [-0.2, -0.15) is 9.97 Å². The molecule has 3 aromatic heterocycles. The fourth-order valence-electron chi connectivity index (χ4n) is 3.83. The van der Waals surface area contributed by atoms with E-state index in [1.807, 2.05) is 28.8 Å². The molecule has 0 aliphatic carbocycles. The molecular weight excluding hydrogens is 424 g/mol. The number of piperazine rings is 1. The molecule has 0 amide bonds. The van der Waals surface area contributed by atoms with Gasteiger partial charge in [0.15, 0.2) is 17.0 Å². The largest absolute Gasteiger partial charge is 0.508 e. The summed E-state index contributed by atoms with van der Waals surface area (Å²) in [6.07, 6.45) is 5.03. The van der Waals surface area contributed by atoms with Crippen molar-refractivity contribution in [3.8, 4) is 11.4 Å². The summed E-state index contributed by atoms with van der Waals surface area (Å²) in [4.78, 5) is 33.3. The van der Waals surface area contributed by atoms with Gasteiger partial charge in [0.2, 0.25) is 5.95 Å². The van der Waals surface area contributed by atoms with Crippen LogP contribution in [0.2, 0.25) is 0 Å². The second-order valence-electron chi connectivity index (χ2n) is 7.60. The van der Waals surface area contributed by atoms with Crippen molar-refractivity contribution >= 4 is 34.6 Å². The molecule has 1 saturated heterocycles. The van der Waals surface area contributed by atoms with Crippen molar-refractivity contribution in [2.75, 3.05) is 47.8 Å². The summed E-state index contributed by atoms with van der Waals surface area (Å²) in [5.41, 5.74) is 2.97. The number of carbonyl (C=O) groups is 1. The lowest BCUT2D eigenvalue weighted by atomic mass is 10.2. The van der Waals surface area contributed by atoms with E-state index in [4.69, 9.17) is 10.1 Å². The fraction of sp³-hybridized carbons (Fsp3) is 0.227. The molecule has 4 aromatic rings. The molecule has 0 saturated carbocycles. The van der Waals surface area contributed by atoms with E-state index in [0.717, 1.165) is 24.5 Å². The van der Waals surface area contributed by atoms with Gasteiger partial charge in [0, 0.05) is 44.3 Å². The number of hydrogen-bond donors (Lipinski definition) is 3. The van der Waals surface area contributed by atoms with E-state index in [2.05, 4.69) is 30.1 Å². The Hall–Kier alpha value is -4.41. The van der Waals surface area contributed by atoms with E-state index in [1.165, 1.54) is 0 Å². The molecule has 0 spiro atoms. The average molecular weight is 446 g/mol. The van der Waals surface area contributed by atoms with Gasteiger partial charge in [0.25, 0.3) is 0 Å². The Bertz CT molecular complexity index is 1270. The highest BCUT2D eigenvalue weighted by molar-refractivity contribution is 5.87. The van der Waals surface area contributed by atoms with Crippen molar-refractivity contribution < 1.29 is 15.0 Å². The van der Waals surface area contributed by atoms with Crippen LogP contribution in [0.25, 0.3) is 16.9 Å². The fourth-order valence-corrected chi connectivity index (χ4v) is 3.83. The first-order valence-electron chi connectivity index (χ1n) is 10.5. The predicted octanol–water partition coefficient (Wildman–Crippen LogP) is 1.74. The molecule has 4 heterocycles. The second-order valence-corrected chi connectivity index (χ2v) is 7.60. The molecule has 0 bridgehead atoms. The number of aromatic nitrogens is 5. The van der Waals surface area contributed by atoms with Crippen LogP contribution >= 0.6 is 0 Å². The number of carboxylic acids is 1. The Morgan fingerprint density at radius 1 is 0.939 bits per heavy atom. The number of carboxylic acid groups (broad SMARTS) is 1. The van der Waals surface area contributed by atoms with E-state index in [1.54, 1.807) is 30.9 Å². The summed E-state index contributed by atoms with van der Waals surface area (Å²) in [5, 5.41) is 21.5. The number of benzene rings is 1. The van der Waals surface area contributed by atoms with Gasteiger partial charge >= 0.3 is 5.97 Å². The van der Waals surface area contributed by atoms with Crippen LogP contribution < -0.4 is 15.1 Å². The van der Waals surface area contributed by atoms with E-state index in [-0.39, 0.29) is 12.3 Å². The van der Waals surface area contributed by atoms with Crippen molar-refractivity contribution in [1.29, 1.82) is 0 Å². The monoisotopic (exact) mass is 446 g/mol. The lowest BCUT2D eigenvalue weighted by Gasteiger charge is -2.36. The highest BCUT2D eigenvalue weighted by atomic mass is 16.4. The number of nitrogens with one attached hydrogen (secondary N) is 1. The minimum Gasteiger partial charge on any atom is -0.508 e. The van der Waals surface area contributed by atoms with Gasteiger partial charge in [-0.3, -0.25) is 14.3 Å². The Labute approximate surface area is 189 Å². The number of nitrogens with zero attached hydrogens (tertiary/aromatic N) is 7. The quantitative estimate of drug-likeness (QED) is 0.402. The summed E-state index contributed by atoms with van der Waals surface area (Å²) in [5.74, 6) is 0.147. The molecule has 11 nitrogen and oxygen atoms in total. The van der Waals surface area contributed by atoms with Crippen molar-refractivity contribution in [2.24, 2.45) is 0 Å². The summed E-state index contributed by atoms with van der Waals surface area (Å²) in [6, 6.07) is 10.9. The number of pyridine rings is 1. The zero-order valence-corrected chi connectivity index (χ0v) is 17.7. The SMILES string of the molecule is O=C(O)CNc1nc(N2CCN(c3ccc(O)cc3)CC2)nc2c1ncn2-c1ccncc1. The van der Waals surface area contributed by atoms with Crippen molar-refractivity contribution in [2.45, 2.75) is 0 Å². The van der Waals surface area contributed by atoms with Gasteiger partial charge in [-0.1, -0.05) is 0 Å². The predicted molar refractivity (Wildman–Crippen MR) is 123 cm³/mol. The Morgan fingerprint density at radius 2 is 1.64 bits per heavy atom. The number of hydrogen-bond acceptors (Lipinski definition) is 9. The van der Waals surface area contributed by atoms with E-state index < -0.39 is 5.97 Å². The lowest BCUT2D eigenvalue weighted by molar-refractivity contribution is -0.134. The summed E-state index contributed by atoms with van der Waals surface area (Å²) in [6.45, 7) is 2.62. The van der Waals surface area contributed by atoms with Crippen LogP contribution in [0, 0.1) is 0 Å². The summed E-state index contributed by atoms with van der Waals surface area (Å²) >= 11 is 0. The molecule has 0 radical (unpaired) electrons. The third kappa shape index (κ3) is 4.20. The van der Waals surface area contributed by atoms with E-state index >= 15 is 0 Å². The third-order valence-electron chi connectivity index (χ3n) is 5.51. The number of anilines is 3. The standard InChI is InChI=1S/C22H22N8O3/c31-17-3-1-15(2-4-17)28-9-11-29(12-10-28)22-26-20(24-13-18(32)33)19-21(27-22)30(14-25-19)16-5-7-23-8-6-16/h1-8,14,31H,9-13H2,(H,32,33)(H,24,26,27). The Balaban J connectivity index is 1.46. The molecule has 0 atom stereocenters. The first-order valence-corrected chi connectivity index (χ1v) is 10.5. The smallest absolute Gasteiger partial charge is 0.322 e. The topological polar surface area (TPSA) is 133 Å². The number of imidazole rings is 1. The molecule has 168 valence electrons. The molecular formula is C22H22N8O3. The molecule has 1 aliphatic rings. The number of phenols is 1. The first-order chi connectivity index (χ1) is 16.1. The van der Waals surface area contributed by atoms with Crippen LogP contribution in [-0.4, -0.2) is 73.4 Å². The van der Waals surface area contributed by atoms with E-state index in [0.29, 0.717) is 36.0 Å². The molecule has 11 heteroatoms. The first kappa shape index (κ1) is 20.5. The van der Waals surface area contributed by atoms with Crippen molar-refractivity contribution in [1.82, 2.24) is 24.5 Å². The van der Waals surface area contributed by atoms with Gasteiger partial charge in [0.1, 0.15) is 18.6 Å². The van der Waals surface area contributed by atoms with Crippen LogP contribution in [-0.2, 0) is 4.79 Å².